The first-order valence-electron chi connectivity index (χ1n) is 5.64. The quantitative estimate of drug-likeness (QED) is 0.457. The van der Waals surface area contributed by atoms with Gasteiger partial charge in [-0.05, 0) is 57.4 Å². The van der Waals surface area contributed by atoms with Crippen molar-refractivity contribution in [1.82, 2.24) is 0 Å². The number of ether oxygens (including phenoxy) is 1. The van der Waals surface area contributed by atoms with Gasteiger partial charge in [-0.25, -0.2) is 0 Å². The first-order valence-corrected chi connectivity index (χ1v) is 7.19. The third kappa shape index (κ3) is 3.88. The van der Waals surface area contributed by atoms with Crippen molar-refractivity contribution in [2.75, 3.05) is 0 Å². The van der Waals surface area contributed by atoms with Crippen LogP contribution in [0.3, 0.4) is 0 Å². The van der Waals surface area contributed by atoms with E-state index in [2.05, 4.69) is 21.1 Å². The average molecular weight is 375 g/mol. The average Bonchev–Trinajstić information content (AvgIpc) is 2.42. The molecule has 0 atom stereocenters. The number of hydrogen-bond donors (Lipinski definition) is 1. The molecule has 6 heteroatoms. The second kappa shape index (κ2) is 6.97. The molecule has 2 aromatic rings. The summed E-state index contributed by atoms with van der Waals surface area (Å²) in [7, 11) is 0. The zero-order chi connectivity index (χ0) is 14.5. The lowest BCUT2D eigenvalue weighted by Gasteiger charge is -2.09. The van der Waals surface area contributed by atoms with E-state index in [1.54, 1.807) is 30.3 Å². The molecule has 0 fully saturated rings. The Kier molecular flexibility index (Phi) is 5.29. The Morgan fingerprint density at radius 1 is 1.15 bits per heavy atom. The van der Waals surface area contributed by atoms with Crippen molar-refractivity contribution in [3.8, 4) is 5.75 Å². The lowest BCUT2D eigenvalue weighted by atomic mass is 10.2. The van der Waals surface area contributed by atoms with Crippen LogP contribution >= 0.6 is 39.1 Å². The molecule has 1 N–H and O–H groups in total. The SMILES string of the molecule is O/N=C\c1ccc(OCc2ccc(Cl)c(Cl)c2)c(Br)c1. The van der Waals surface area contributed by atoms with Crippen LogP contribution in [0, 0.1) is 0 Å². The molecule has 0 spiro atoms. The van der Waals surface area contributed by atoms with Gasteiger partial charge in [-0.1, -0.05) is 34.4 Å². The molecule has 0 aliphatic heterocycles. The van der Waals surface area contributed by atoms with Gasteiger partial charge in [0.1, 0.15) is 12.4 Å². The lowest BCUT2D eigenvalue weighted by molar-refractivity contribution is 0.304. The second-order valence-electron chi connectivity index (χ2n) is 3.97. The van der Waals surface area contributed by atoms with Crippen LogP contribution in [0.4, 0.5) is 0 Å². The largest absolute Gasteiger partial charge is 0.488 e. The van der Waals surface area contributed by atoms with E-state index in [-0.39, 0.29) is 0 Å². The summed E-state index contributed by atoms with van der Waals surface area (Å²) >= 11 is 15.2. The Labute approximate surface area is 134 Å². The van der Waals surface area contributed by atoms with Crippen LogP contribution in [-0.2, 0) is 6.61 Å². The molecule has 0 saturated carbocycles. The highest BCUT2D eigenvalue weighted by atomic mass is 79.9. The molecule has 0 unspecified atom stereocenters. The number of rotatable bonds is 4. The first kappa shape index (κ1) is 15.2. The maximum absolute atomic E-state index is 8.48. The summed E-state index contributed by atoms with van der Waals surface area (Å²) in [6, 6.07) is 10.7. The summed E-state index contributed by atoms with van der Waals surface area (Å²) in [5.74, 6) is 0.686. The van der Waals surface area contributed by atoms with E-state index >= 15 is 0 Å². The smallest absolute Gasteiger partial charge is 0.134 e. The standard InChI is InChI=1S/C14H10BrCl2NO2/c15-11-5-9(7-18-19)2-4-14(11)20-8-10-1-3-12(16)13(17)6-10/h1-7,19H,8H2/b18-7-. The first-order chi connectivity index (χ1) is 9.60. The fourth-order valence-corrected chi connectivity index (χ4v) is 2.40. The number of halogens is 3. The topological polar surface area (TPSA) is 41.8 Å². The highest BCUT2D eigenvalue weighted by molar-refractivity contribution is 9.10. The van der Waals surface area contributed by atoms with Crippen LogP contribution < -0.4 is 4.74 Å². The van der Waals surface area contributed by atoms with Crippen molar-refractivity contribution in [1.29, 1.82) is 0 Å². The van der Waals surface area contributed by atoms with Gasteiger partial charge in [-0.3, -0.25) is 0 Å². The fraction of sp³-hybridized carbons (Fsp3) is 0.0714. The van der Waals surface area contributed by atoms with Crippen LogP contribution in [0.5, 0.6) is 5.75 Å². The van der Waals surface area contributed by atoms with Crippen molar-refractivity contribution >= 4 is 45.3 Å². The van der Waals surface area contributed by atoms with Crippen molar-refractivity contribution in [2.24, 2.45) is 5.16 Å². The van der Waals surface area contributed by atoms with Crippen LogP contribution in [-0.4, -0.2) is 11.4 Å². The predicted molar refractivity (Wildman–Crippen MR) is 84.3 cm³/mol. The minimum absolute atomic E-state index is 0.378. The summed E-state index contributed by atoms with van der Waals surface area (Å²) in [5, 5.41) is 12.5. The molecule has 2 aromatic carbocycles. The normalized spacial score (nSPS) is 10.9. The summed E-state index contributed by atoms with van der Waals surface area (Å²) in [6.45, 7) is 0.378. The Balaban J connectivity index is 2.08. The molecule has 20 heavy (non-hydrogen) atoms. The van der Waals surface area contributed by atoms with Gasteiger partial charge in [0.15, 0.2) is 0 Å². The molecule has 0 aliphatic carbocycles. The third-order valence-electron chi connectivity index (χ3n) is 2.54. The highest BCUT2D eigenvalue weighted by Crippen LogP contribution is 2.27. The number of nitrogens with zero attached hydrogens (tertiary/aromatic N) is 1. The molecule has 0 radical (unpaired) electrons. The summed E-state index contributed by atoms with van der Waals surface area (Å²) in [6.07, 6.45) is 1.34. The van der Waals surface area contributed by atoms with E-state index in [9.17, 15) is 0 Å². The van der Waals surface area contributed by atoms with Crippen molar-refractivity contribution < 1.29 is 9.94 Å². The molecular weight excluding hydrogens is 365 g/mol. The van der Waals surface area contributed by atoms with Gasteiger partial charge in [-0.2, -0.15) is 0 Å². The number of oxime groups is 1. The maximum Gasteiger partial charge on any atom is 0.134 e. The predicted octanol–water partition coefficient (Wildman–Crippen LogP) is 5.14. The molecule has 3 nitrogen and oxygen atoms in total. The molecule has 0 aliphatic rings. The van der Waals surface area contributed by atoms with Gasteiger partial charge in [-0.15, -0.1) is 0 Å². The zero-order valence-electron chi connectivity index (χ0n) is 10.2. The second-order valence-corrected chi connectivity index (χ2v) is 5.64. The van der Waals surface area contributed by atoms with Crippen molar-refractivity contribution in [3.05, 3.63) is 62.0 Å². The van der Waals surface area contributed by atoms with Crippen LogP contribution in [0.15, 0.2) is 46.0 Å². The number of benzene rings is 2. The van der Waals surface area contributed by atoms with Crippen molar-refractivity contribution in [2.45, 2.75) is 6.61 Å². The molecule has 0 saturated heterocycles. The van der Waals surface area contributed by atoms with Gasteiger partial charge in [0.25, 0.3) is 0 Å². The molecule has 0 heterocycles. The molecule has 0 aromatic heterocycles. The summed E-state index contributed by atoms with van der Waals surface area (Å²) in [5.41, 5.74) is 1.69. The Morgan fingerprint density at radius 2 is 1.95 bits per heavy atom. The number of hydrogen-bond acceptors (Lipinski definition) is 3. The van der Waals surface area contributed by atoms with E-state index in [1.807, 2.05) is 6.07 Å². The van der Waals surface area contributed by atoms with E-state index in [0.717, 1.165) is 15.6 Å². The van der Waals surface area contributed by atoms with Gasteiger partial charge in [0.2, 0.25) is 0 Å². The minimum Gasteiger partial charge on any atom is -0.488 e. The Bertz CT molecular complexity index is 647. The molecule has 104 valence electrons. The van der Waals surface area contributed by atoms with Crippen LogP contribution in [0.25, 0.3) is 0 Å². The van der Waals surface area contributed by atoms with E-state index in [0.29, 0.717) is 22.4 Å². The fourth-order valence-electron chi connectivity index (χ4n) is 1.57. The molecular formula is C14H10BrCl2NO2. The van der Waals surface area contributed by atoms with E-state index in [1.165, 1.54) is 6.21 Å². The maximum atomic E-state index is 8.48. The summed E-state index contributed by atoms with van der Waals surface area (Å²) in [4.78, 5) is 0. The van der Waals surface area contributed by atoms with Gasteiger partial charge in [0, 0.05) is 0 Å². The Morgan fingerprint density at radius 3 is 2.60 bits per heavy atom. The monoisotopic (exact) mass is 373 g/mol. The van der Waals surface area contributed by atoms with Crippen molar-refractivity contribution in [3.63, 3.8) is 0 Å². The minimum atomic E-state index is 0.378. The van der Waals surface area contributed by atoms with Crippen LogP contribution in [0.2, 0.25) is 10.0 Å². The lowest BCUT2D eigenvalue weighted by Crippen LogP contribution is -1.96. The molecule has 0 bridgehead atoms. The summed E-state index contributed by atoms with van der Waals surface area (Å²) < 4.78 is 6.47. The van der Waals surface area contributed by atoms with Gasteiger partial charge < -0.3 is 9.94 Å². The van der Waals surface area contributed by atoms with Gasteiger partial charge in [0.05, 0.1) is 20.7 Å². The zero-order valence-corrected chi connectivity index (χ0v) is 13.3. The molecule has 2 rings (SSSR count). The van der Waals surface area contributed by atoms with Crippen LogP contribution in [0.1, 0.15) is 11.1 Å². The third-order valence-corrected chi connectivity index (χ3v) is 3.90. The van der Waals surface area contributed by atoms with E-state index < -0.39 is 0 Å². The highest BCUT2D eigenvalue weighted by Gasteiger charge is 2.04. The van der Waals surface area contributed by atoms with E-state index in [4.69, 9.17) is 33.1 Å². The molecule has 0 amide bonds. The Hall–Kier alpha value is -1.23. The van der Waals surface area contributed by atoms with Gasteiger partial charge >= 0.3 is 0 Å².